The Morgan fingerprint density at radius 3 is 2.58 bits per heavy atom. The van der Waals surface area contributed by atoms with Crippen molar-refractivity contribution in [1.29, 1.82) is 0 Å². The summed E-state index contributed by atoms with van der Waals surface area (Å²) in [5.41, 5.74) is 3.07. The molecule has 13 heteroatoms. The number of carbonyl (C=O) groups excluding carboxylic acids is 2. The Balaban J connectivity index is 1.19. The number of aromatic nitrogens is 5. The highest BCUT2D eigenvalue weighted by molar-refractivity contribution is 8.01. The minimum absolute atomic E-state index is 0.0205. The molecule has 2 unspecified atom stereocenters. The van der Waals surface area contributed by atoms with Gasteiger partial charge in [-0.1, -0.05) is 18.2 Å². The molecule has 1 fully saturated rings. The summed E-state index contributed by atoms with van der Waals surface area (Å²) in [7, 11) is 4.86. The van der Waals surface area contributed by atoms with Gasteiger partial charge in [0.2, 0.25) is 11.9 Å². The van der Waals surface area contributed by atoms with Gasteiger partial charge in [-0.25, -0.2) is 24.3 Å². The van der Waals surface area contributed by atoms with Gasteiger partial charge in [0.05, 0.1) is 29.5 Å². The van der Waals surface area contributed by atoms with Crippen LogP contribution in [0.15, 0.2) is 49.2 Å². The largest absolute Gasteiger partial charge is 0.369 e. The first-order valence-corrected chi connectivity index (χ1v) is 13.5. The minimum Gasteiger partial charge on any atom is -0.369 e. The Morgan fingerprint density at radius 1 is 1.07 bits per heavy atom. The number of anilines is 2. The van der Waals surface area contributed by atoms with Crippen molar-refractivity contribution in [3.8, 4) is 11.3 Å². The minimum atomic E-state index is -0.632. The Kier molecular flexibility index (Phi) is 8.01. The van der Waals surface area contributed by atoms with Gasteiger partial charge in [-0.05, 0) is 12.0 Å². The number of nitrogens with one attached hydrogen (secondary N) is 3. The van der Waals surface area contributed by atoms with Crippen LogP contribution in [0.25, 0.3) is 22.2 Å². The standard InChI is InChI=1S/C27H28FN9O2S/c1-29-26(39)24-18-6-4-5-17(25(18)31-12-19(24)28)21-7-16(40-21)11-30-22-8-20(35-14-36-22)15-9-32-27(33-10-15)34-13-23(38)37(2)3/h4-6,8-10,12,14,16,21H,7,11,13H2,1-3H3,(H,29,39)(H,30,35,36)(H,32,33,34). The zero-order valence-corrected chi connectivity index (χ0v) is 23.0. The summed E-state index contributed by atoms with van der Waals surface area (Å²) in [4.78, 5) is 47.0. The number of nitrogens with zero attached hydrogens (tertiary/aromatic N) is 6. The lowest BCUT2D eigenvalue weighted by atomic mass is 9.99. The Morgan fingerprint density at radius 2 is 1.85 bits per heavy atom. The van der Waals surface area contributed by atoms with Crippen LogP contribution in [-0.4, -0.2) is 81.1 Å². The van der Waals surface area contributed by atoms with Gasteiger partial charge >= 0.3 is 0 Å². The molecule has 1 aliphatic heterocycles. The molecule has 0 saturated carbocycles. The van der Waals surface area contributed by atoms with Crippen LogP contribution in [0, 0.1) is 5.82 Å². The molecular weight excluding hydrogens is 533 g/mol. The molecule has 0 bridgehead atoms. The lowest BCUT2D eigenvalue weighted by Crippen LogP contribution is -2.29. The number of likely N-dealkylation sites (N-methyl/N-ethyl adjacent to an activating group) is 1. The van der Waals surface area contributed by atoms with Gasteiger partial charge in [0.1, 0.15) is 12.1 Å². The van der Waals surface area contributed by atoms with Crippen LogP contribution in [-0.2, 0) is 4.79 Å². The summed E-state index contributed by atoms with van der Waals surface area (Å²) in [5, 5.41) is 9.84. The maximum absolute atomic E-state index is 14.4. The van der Waals surface area contributed by atoms with Crippen molar-refractivity contribution in [3.05, 3.63) is 66.1 Å². The number of hydrogen-bond donors (Lipinski definition) is 3. The highest BCUT2D eigenvalue weighted by atomic mass is 32.2. The first-order chi connectivity index (χ1) is 19.3. The molecule has 1 saturated heterocycles. The second-order valence-corrected chi connectivity index (χ2v) is 10.9. The molecule has 5 rings (SSSR count). The number of fused-ring (bicyclic) bond motifs is 1. The van der Waals surface area contributed by atoms with E-state index in [-0.39, 0.29) is 23.3 Å². The van der Waals surface area contributed by atoms with Crippen molar-refractivity contribution in [1.82, 2.24) is 35.1 Å². The molecule has 0 aliphatic carbocycles. The number of amides is 2. The number of para-hydroxylation sites is 1. The smallest absolute Gasteiger partial charge is 0.254 e. The summed E-state index contributed by atoms with van der Waals surface area (Å²) in [5.74, 6) is -0.128. The number of thioether (sulfide) groups is 1. The van der Waals surface area contributed by atoms with Gasteiger partial charge < -0.3 is 20.9 Å². The van der Waals surface area contributed by atoms with Crippen molar-refractivity contribution in [3.63, 3.8) is 0 Å². The quantitative estimate of drug-likeness (QED) is 0.279. The predicted octanol–water partition coefficient (Wildman–Crippen LogP) is 3.14. The normalized spacial score (nSPS) is 16.2. The van der Waals surface area contributed by atoms with E-state index in [1.54, 1.807) is 44.3 Å². The van der Waals surface area contributed by atoms with E-state index in [9.17, 15) is 14.0 Å². The molecule has 0 radical (unpaired) electrons. The van der Waals surface area contributed by atoms with Crippen LogP contribution < -0.4 is 16.0 Å². The molecule has 206 valence electrons. The molecule has 4 heterocycles. The molecule has 2 atom stereocenters. The Hall–Kier alpha value is -4.39. The third-order valence-electron chi connectivity index (χ3n) is 6.54. The van der Waals surface area contributed by atoms with E-state index in [4.69, 9.17) is 0 Å². The van der Waals surface area contributed by atoms with E-state index in [0.29, 0.717) is 40.2 Å². The molecule has 0 spiro atoms. The average Bonchev–Trinajstić information content (AvgIpc) is 2.95. The van der Waals surface area contributed by atoms with Gasteiger partial charge in [0, 0.05) is 67.6 Å². The van der Waals surface area contributed by atoms with Crippen molar-refractivity contribution >= 4 is 46.2 Å². The average molecular weight is 562 g/mol. The van der Waals surface area contributed by atoms with E-state index < -0.39 is 11.7 Å². The highest BCUT2D eigenvalue weighted by Crippen LogP contribution is 2.50. The molecule has 40 heavy (non-hydrogen) atoms. The first-order valence-electron chi connectivity index (χ1n) is 12.6. The number of pyridine rings is 1. The Bertz CT molecular complexity index is 1550. The lowest BCUT2D eigenvalue weighted by molar-refractivity contribution is -0.126. The number of hydrogen-bond acceptors (Lipinski definition) is 10. The second-order valence-electron chi connectivity index (χ2n) is 9.39. The second kappa shape index (κ2) is 11.8. The van der Waals surface area contributed by atoms with Crippen LogP contribution in [0.5, 0.6) is 0 Å². The zero-order chi connectivity index (χ0) is 28.2. The molecule has 4 aromatic rings. The SMILES string of the molecule is CNC(=O)c1c(F)cnc2c(C3CC(CNc4cc(-c5cnc(NCC(=O)N(C)C)nc5)ncn4)S3)cccc12. The van der Waals surface area contributed by atoms with Crippen molar-refractivity contribution < 1.29 is 14.0 Å². The summed E-state index contributed by atoms with van der Waals surface area (Å²) < 4.78 is 14.4. The summed E-state index contributed by atoms with van der Waals surface area (Å²) in [6, 6.07) is 7.40. The summed E-state index contributed by atoms with van der Waals surface area (Å²) >= 11 is 1.80. The highest BCUT2D eigenvalue weighted by Gasteiger charge is 2.33. The Labute approximate surface area is 234 Å². The maximum atomic E-state index is 14.4. The third-order valence-corrected chi connectivity index (χ3v) is 8.06. The van der Waals surface area contributed by atoms with E-state index >= 15 is 0 Å². The van der Waals surface area contributed by atoms with Crippen LogP contribution >= 0.6 is 11.8 Å². The van der Waals surface area contributed by atoms with E-state index in [0.717, 1.165) is 23.7 Å². The van der Waals surface area contributed by atoms with Gasteiger partial charge in [-0.2, -0.15) is 0 Å². The fourth-order valence-electron chi connectivity index (χ4n) is 4.32. The molecule has 1 aliphatic rings. The molecule has 2 amide bonds. The molecule has 1 aromatic carbocycles. The third kappa shape index (κ3) is 5.78. The molecule has 3 N–H and O–H groups in total. The van der Waals surface area contributed by atoms with E-state index in [1.807, 2.05) is 18.2 Å². The van der Waals surface area contributed by atoms with E-state index in [2.05, 4.69) is 40.9 Å². The monoisotopic (exact) mass is 561 g/mol. The van der Waals surface area contributed by atoms with Gasteiger partial charge in [-0.15, -0.1) is 11.8 Å². The van der Waals surface area contributed by atoms with Crippen LogP contribution in [0.4, 0.5) is 16.2 Å². The maximum Gasteiger partial charge on any atom is 0.254 e. The molecular formula is C27H28FN9O2S. The van der Waals surface area contributed by atoms with Crippen molar-refractivity contribution in [2.24, 2.45) is 0 Å². The predicted molar refractivity (Wildman–Crippen MR) is 153 cm³/mol. The molecule has 3 aromatic heterocycles. The van der Waals surface area contributed by atoms with Gasteiger partial charge in [0.15, 0.2) is 5.82 Å². The molecule has 11 nitrogen and oxygen atoms in total. The first kappa shape index (κ1) is 27.2. The summed E-state index contributed by atoms with van der Waals surface area (Å²) in [6.07, 6.45) is 6.80. The van der Waals surface area contributed by atoms with Crippen LogP contribution in [0.3, 0.4) is 0 Å². The van der Waals surface area contributed by atoms with Crippen molar-refractivity contribution in [2.75, 3.05) is 44.9 Å². The van der Waals surface area contributed by atoms with Crippen LogP contribution in [0.2, 0.25) is 0 Å². The number of rotatable bonds is 9. The van der Waals surface area contributed by atoms with E-state index in [1.165, 1.54) is 18.3 Å². The summed E-state index contributed by atoms with van der Waals surface area (Å²) in [6.45, 7) is 0.813. The topological polar surface area (TPSA) is 138 Å². The van der Waals surface area contributed by atoms with Crippen LogP contribution in [0.1, 0.15) is 27.6 Å². The number of benzene rings is 1. The lowest BCUT2D eigenvalue weighted by Gasteiger charge is -2.35. The zero-order valence-electron chi connectivity index (χ0n) is 22.2. The van der Waals surface area contributed by atoms with Crippen molar-refractivity contribution in [2.45, 2.75) is 16.9 Å². The van der Waals surface area contributed by atoms with Gasteiger partial charge in [-0.3, -0.25) is 14.6 Å². The fourth-order valence-corrected chi connectivity index (χ4v) is 5.59. The number of carbonyl (C=O) groups is 2. The fraction of sp³-hybridized carbons (Fsp3) is 0.296. The van der Waals surface area contributed by atoms with Gasteiger partial charge in [0.25, 0.3) is 5.91 Å². The number of halogens is 1.